The van der Waals surface area contributed by atoms with Gasteiger partial charge in [-0.25, -0.2) is 8.42 Å². The van der Waals surface area contributed by atoms with Crippen molar-refractivity contribution in [1.82, 2.24) is 4.31 Å². The Labute approximate surface area is 203 Å². The van der Waals surface area contributed by atoms with Crippen LogP contribution < -0.4 is 9.80 Å². The molecule has 2 aromatic rings. The first kappa shape index (κ1) is 23.3. The van der Waals surface area contributed by atoms with Gasteiger partial charge in [-0.2, -0.15) is 4.31 Å². The molecule has 3 aliphatic heterocycles. The van der Waals surface area contributed by atoms with Gasteiger partial charge in [-0.3, -0.25) is 9.59 Å². The molecule has 3 aliphatic rings. The van der Waals surface area contributed by atoms with E-state index in [4.69, 9.17) is 4.74 Å². The van der Waals surface area contributed by atoms with Gasteiger partial charge in [0.05, 0.1) is 23.8 Å². The number of ether oxygens (including phenoxy) is 1. The van der Waals surface area contributed by atoms with Gasteiger partial charge in [0, 0.05) is 41.9 Å². The fourth-order valence-corrected chi connectivity index (χ4v) is 7.06. The molecule has 10 heteroatoms. The number of morpholine rings is 1. The Balaban J connectivity index is 1.48. The summed E-state index contributed by atoms with van der Waals surface area (Å²) in [6.45, 7) is 3.58. The molecular formula is C24H27N3O5S2. The molecule has 0 N–H and O–H groups in total. The zero-order valence-electron chi connectivity index (χ0n) is 19.0. The number of rotatable bonds is 4. The number of anilines is 2. The van der Waals surface area contributed by atoms with Crippen LogP contribution in [-0.4, -0.2) is 69.7 Å². The van der Waals surface area contributed by atoms with E-state index in [2.05, 4.69) is 0 Å². The molecule has 1 unspecified atom stereocenters. The molecule has 1 fully saturated rings. The lowest BCUT2D eigenvalue weighted by molar-refractivity contribution is -0.124. The monoisotopic (exact) mass is 501 g/mol. The Morgan fingerprint density at radius 1 is 1.09 bits per heavy atom. The molecule has 180 valence electrons. The van der Waals surface area contributed by atoms with E-state index in [1.165, 1.54) is 21.0 Å². The summed E-state index contributed by atoms with van der Waals surface area (Å²) in [5.41, 5.74) is 2.47. The number of hydrogen-bond donors (Lipinski definition) is 0. The van der Waals surface area contributed by atoms with Gasteiger partial charge in [-0.15, -0.1) is 11.8 Å². The van der Waals surface area contributed by atoms with Crippen molar-refractivity contribution >= 4 is 45.0 Å². The van der Waals surface area contributed by atoms with Crippen molar-refractivity contribution in [3.8, 4) is 0 Å². The highest BCUT2D eigenvalue weighted by Crippen LogP contribution is 2.38. The van der Waals surface area contributed by atoms with Crippen LogP contribution in [0.2, 0.25) is 0 Å². The van der Waals surface area contributed by atoms with E-state index in [0.29, 0.717) is 44.3 Å². The minimum Gasteiger partial charge on any atom is -0.379 e. The minimum atomic E-state index is -3.74. The van der Waals surface area contributed by atoms with Crippen molar-refractivity contribution in [3.63, 3.8) is 0 Å². The van der Waals surface area contributed by atoms with Crippen LogP contribution in [0.4, 0.5) is 11.4 Å². The molecule has 3 heterocycles. The van der Waals surface area contributed by atoms with Gasteiger partial charge in [0.15, 0.2) is 0 Å². The maximum Gasteiger partial charge on any atom is 0.247 e. The third-order valence-electron chi connectivity index (χ3n) is 6.49. The fourth-order valence-electron chi connectivity index (χ4n) is 4.58. The zero-order chi connectivity index (χ0) is 23.9. The van der Waals surface area contributed by atoms with Crippen LogP contribution in [0.5, 0.6) is 0 Å². The van der Waals surface area contributed by atoms with E-state index in [1.54, 1.807) is 23.1 Å². The molecule has 0 saturated carbocycles. The van der Waals surface area contributed by atoms with Gasteiger partial charge in [0.25, 0.3) is 0 Å². The predicted octanol–water partition coefficient (Wildman–Crippen LogP) is 2.37. The van der Waals surface area contributed by atoms with Crippen LogP contribution in [0.25, 0.3) is 0 Å². The molecule has 34 heavy (non-hydrogen) atoms. The van der Waals surface area contributed by atoms with Gasteiger partial charge < -0.3 is 14.5 Å². The molecule has 2 aromatic carbocycles. The van der Waals surface area contributed by atoms with Crippen LogP contribution in [0.3, 0.4) is 0 Å². The second kappa shape index (κ2) is 9.33. The average Bonchev–Trinajstić information content (AvgIpc) is 3.25. The Kier molecular flexibility index (Phi) is 6.41. The lowest BCUT2D eigenvalue weighted by Crippen LogP contribution is -2.44. The summed E-state index contributed by atoms with van der Waals surface area (Å²) in [7, 11) is -3.74. The molecule has 0 spiro atoms. The molecule has 0 aliphatic carbocycles. The molecule has 1 saturated heterocycles. The molecule has 0 bridgehead atoms. The Morgan fingerprint density at radius 2 is 1.85 bits per heavy atom. The quantitative estimate of drug-likeness (QED) is 0.639. The summed E-state index contributed by atoms with van der Waals surface area (Å²) in [4.78, 5) is 30.8. The molecule has 0 radical (unpaired) electrons. The SMILES string of the molecule is CC1CSc2ccc(S(=O)(=O)N3CCOCC3)cc2N(CC(=O)N2CCc3ccccc32)C1=O. The number of nitrogens with zero attached hydrogens (tertiary/aromatic N) is 3. The Hall–Kier alpha value is -2.40. The van der Waals surface area contributed by atoms with Gasteiger partial charge >= 0.3 is 0 Å². The highest BCUT2D eigenvalue weighted by molar-refractivity contribution is 7.99. The number of para-hydroxylation sites is 1. The van der Waals surface area contributed by atoms with Crippen LogP contribution in [0, 0.1) is 5.92 Å². The van der Waals surface area contributed by atoms with Gasteiger partial charge in [-0.05, 0) is 36.2 Å². The zero-order valence-corrected chi connectivity index (χ0v) is 20.6. The summed E-state index contributed by atoms with van der Waals surface area (Å²) in [6, 6.07) is 12.7. The van der Waals surface area contributed by atoms with Crippen molar-refractivity contribution in [2.45, 2.75) is 23.1 Å². The first-order valence-electron chi connectivity index (χ1n) is 11.4. The molecule has 2 amide bonds. The Morgan fingerprint density at radius 3 is 2.65 bits per heavy atom. The van der Waals surface area contributed by atoms with Crippen molar-refractivity contribution in [1.29, 1.82) is 0 Å². The van der Waals surface area contributed by atoms with Crippen LogP contribution in [0.15, 0.2) is 52.3 Å². The number of hydrogen-bond acceptors (Lipinski definition) is 6. The number of thioether (sulfide) groups is 1. The molecule has 0 aromatic heterocycles. The third kappa shape index (κ3) is 4.24. The van der Waals surface area contributed by atoms with E-state index in [0.717, 1.165) is 22.6 Å². The second-order valence-electron chi connectivity index (χ2n) is 8.71. The van der Waals surface area contributed by atoms with Crippen LogP contribution >= 0.6 is 11.8 Å². The number of fused-ring (bicyclic) bond motifs is 2. The first-order chi connectivity index (χ1) is 16.4. The predicted molar refractivity (Wildman–Crippen MR) is 131 cm³/mol. The Bertz CT molecular complexity index is 1230. The highest BCUT2D eigenvalue weighted by atomic mass is 32.2. The number of sulfonamides is 1. The smallest absolute Gasteiger partial charge is 0.247 e. The van der Waals surface area contributed by atoms with E-state index in [-0.39, 0.29) is 29.2 Å². The summed E-state index contributed by atoms with van der Waals surface area (Å²) < 4.78 is 33.2. The van der Waals surface area contributed by atoms with E-state index in [9.17, 15) is 18.0 Å². The first-order valence-corrected chi connectivity index (χ1v) is 13.8. The second-order valence-corrected chi connectivity index (χ2v) is 11.7. The molecular weight excluding hydrogens is 474 g/mol. The van der Waals surface area contributed by atoms with E-state index in [1.807, 2.05) is 31.2 Å². The number of carbonyl (C=O) groups excluding carboxylic acids is 2. The topological polar surface area (TPSA) is 87.2 Å². The lowest BCUT2D eigenvalue weighted by Gasteiger charge is -2.28. The van der Waals surface area contributed by atoms with E-state index < -0.39 is 10.0 Å². The van der Waals surface area contributed by atoms with Gasteiger partial charge in [0.1, 0.15) is 6.54 Å². The summed E-state index contributed by atoms with van der Waals surface area (Å²) in [6.07, 6.45) is 0.778. The molecule has 1 atom stereocenters. The van der Waals surface area contributed by atoms with Crippen LogP contribution in [0.1, 0.15) is 12.5 Å². The van der Waals surface area contributed by atoms with Crippen molar-refractivity contribution < 1.29 is 22.7 Å². The summed E-state index contributed by atoms with van der Waals surface area (Å²) in [5.74, 6) is -0.0771. The summed E-state index contributed by atoms with van der Waals surface area (Å²) >= 11 is 1.51. The van der Waals surface area contributed by atoms with Gasteiger partial charge in [0.2, 0.25) is 21.8 Å². The maximum absolute atomic E-state index is 13.4. The number of carbonyl (C=O) groups is 2. The average molecular weight is 502 g/mol. The normalized spacial score (nSPS) is 21.2. The lowest BCUT2D eigenvalue weighted by atomic mass is 10.1. The number of amides is 2. The largest absolute Gasteiger partial charge is 0.379 e. The third-order valence-corrected chi connectivity index (χ3v) is 9.70. The molecule has 5 rings (SSSR count). The molecule has 8 nitrogen and oxygen atoms in total. The maximum atomic E-state index is 13.4. The van der Waals surface area contributed by atoms with Gasteiger partial charge in [-0.1, -0.05) is 25.1 Å². The summed E-state index contributed by atoms with van der Waals surface area (Å²) in [5, 5.41) is 0. The minimum absolute atomic E-state index is 0.125. The van der Waals surface area contributed by atoms with Crippen molar-refractivity contribution in [2.75, 3.05) is 54.9 Å². The number of benzene rings is 2. The fraction of sp³-hybridized carbons (Fsp3) is 0.417. The van der Waals surface area contributed by atoms with Crippen molar-refractivity contribution in [2.24, 2.45) is 5.92 Å². The van der Waals surface area contributed by atoms with E-state index >= 15 is 0 Å². The van der Waals surface area contributed by atoms with Crippen molar-refractivity contribution in [3.05, 3.63) is 48.0 Å². The standard InChI is InChI=1S/C24H27N3O5S2/c1-17-16-33-22-7-6-19(34(30,31)25-10-12-32-13-11-25)14-21(22)27(24(17)29)15-23(28)26-9-8-18-4-2-3-5-20(18)26/h2-7,14,17H,8-13,15-16H2,1H3. The van der Waals surface area contributed by atoms with Crippen LogP contribution in [-0.2, 0) is 30.8 Å². The highest BCUT2D eigenvalue weighted by Gasteiger charge is 2.34.